The molecule has 0 aromatic heterocycles. The number of primary amides is 1. The molecule has 0 aliphatic carbocycles. The van der Waals surface area contributed by atoms with Gasteiger partial charge in [0.2, 0.25) is 5.91 Å². The molecule has 8 heteroatoms. The van der Waals surface area contributed by atoms with E-state index in [1.165, 1.54) is 6.07 Å². The number of nitrogens with zero attached hydrogens (tertiary/aromatic N) is 2. The van der Waals surface area contributed by atoms with Crippen molar-refractivity contribution in [2.45, 2.75) is 31.3 Å². The molecule has 3 amide bonds. The smallest absolute Gasteiger partial charge is 0.313 e. The molecule has 0 saturated heterocycles. The summed E-state index contributed by atoms with van der Waals surface area (Å²) >= 11 is 0. The third-order valence-electron chi connectivity index (χ3n) is 3.43. The van der Waals surface area contributed by atoms with Crippen molar-refractivity contribution >= 4 is 29.1 Å². The summed E-state index contributed by atoms with van der Waals surface area (Å²) in [7, 11) is 0. The van der Waals surface area contributed by atoms with E-state index in [2.05, 4.69) is 26.8 Å². The van der Waals surface area contributed by atoms with Gasteiger partial charge in [0.15, 0.2) is 5.66 Å². The van der Waals surface area contributed by atoms with Crippen LogP contribution in [0.3, 0.4) is 0 Å². The molecule has 0 radical (unpaired) electrons. The summed E-state index contributed by atoms with van der Waals surface area (Å²) in [4.78, 5) is 34.0. The Morgan fingerprint density at radius 3 is 2.42 bits per heavy atom. The lowest BCUT2D eigenvalue weighted by Gasteiger charge is -2.10. The number of amides is 3. The fourth-order valence-corrected chi connectivity index (χ4v) is 2.07. The van der Waals surface area contributed by atoms with E-state index < -0.39 is 17.5 Å². The highest BCUT2D eigenvalue weighted by molar-refractivity contribution is 6.39. The second-order valence-corrected chi connectivity index (χ2v) is 5.33. The third kappa shape index (κ3) is 4.91. The first-order valence-corrected chi connectivity index (χ1v) is 7.32. The zero-order valence-electron chi connectivity index (χ0n) is 12.9. The van der Waals surface area contributed by atoms with Crippen molar-refractivity contribution in [3.8, 4) is 12.3 Å². The number of nitrogens with two attached hydrogens (primary N) is 1. The maximum atomic E-state index is 12.0. The highest BCUT2D eigenvalue weighted by atomic mass is 16.2. The molecule has 1 aromatic carbocycles. The van der Waals surface area contributed by atoms with Gasteiger partial charge in [-0.2, -0.15) is 10.2 Å². The topological polar surface area (TPSA) is 126 Å². The van der Waals surface area contributed by atoms with E-state index in [-0.39, 0.29) is 12.3 Å². The van der Waals surface area contributed by atoms with Crippen molar-refractivity contribution in [1.82, 2.24) is 0 Å². The summed E-state index contributed by atoms with van der Waals surface area (Å²) in [5.74, 6) is 0.320. The van der Waals surface area contributed by atoms with E-state index in [1.807, 2.05) is 0 Å². The fourth-order valence-electron chi connectivity index (χ4n) is 2.07. The number of nitrogens with one attached hydrogen (secondary N) is 2. The monoisotopic (exact) mass is 327 g/mol. The number of rotatable bonds is 7. The van der Waals surface area contributed by atoms with Crippen LogP contribution in [0.25, 0.3) is 0 Å². The highest BCUT2D eigenvalue weighted by Gasteiger charge is 2.39. The molecule has 0 fully saturated rings. The molecule has 0 atom stereocenters. The fraction of sp³-hybridized carbons (Fsp3) is 0.312. The number of hydrogen-bond acceptors (Lipinski definition) is 5. The van der Waals surface area contributed by atoms with Crippen molar-refractivity contribution in [1.29, 1.82) is 0 Å². The Bertz CT molecular complexity index is 729. The number of carbonyl (C=O) groups excluding carboxylic acids is 3. The van der Waals surface area contributed by atoms with Crippen molar-refractivity contribution in [3.05, 3.63) is 24.3 Å². The largest absolute Gasteiger partial charge is 0.361 e. The van der Waals surface area contributed by atoms with Crippen LogP contribution in [0.1, 0.15) is 25.7 Å². The second kappa shape index (κ2) is 7.37. The van der Waals surface area contributed by atoms with Gasteiger partial charge in [-0.25, -0.2) is 0 Å². The molecule has 0 spiro atoms. The average Bonchev–Trinajstić information content (AvgIpc) is 3.32. The van der Waals surface area contributed by atoms with E-state index >= 15 is 0 Å². The van der Waals surface area contributed by atoms with Gasteiger partial charge < -0.3 is 16.4 Å². The highest BCUT2D eigenvalue weighted by Crippen LogP contribution is 2.37. The Morgan fingerprint density at radius 1 is 1.17 bits per heavy atom. The molecule has 24 heavy (non-hydrogen) atoms. The minimum atomic E-state index is -1.08. The van der Waals surface area contributed by atoms with Crippen LogP contribution in [0.15, 0.2) is 34.5 Å². The summed E-state index contributed by atoms with van der Waals surface area (Å²) < 4.78 is 0. The van der Waals surface area contributed by atoms with Crippen LogP contribution < -0.4 is 16.4 Å². The number of carbonyl (C=O) groups is 3. The van der Waals surface area contributed by atoms with E-state index in [0.717, 1.165) is 0 Å². The standard InChI is InChI=1S/C16H17N5O3/c1-2-3-8-16(20-21-16)9-7-13(22)18-11-5-4-6-12(10-11)19-15(24)14(17)23/h1,4-6,10H,3,7-9H2,(H2,17,23)(H,18,22)(H,19,24). The van der Waals surface area contributed by atoms with Crippen LogP contribution in [-0.2, 0) is 14.4 Å². The number of terminal acetylenes is 1. The van der Waals surface area contributed by atoms with Crippen molar-refractivity contribution in [3.63, 3.8) is 0 Å². The molecule has 124 valence electrons. The van der Waals surface area contributed by atoms with E-state index in [4.69, 9.17) is 12.2 Å². The van der Waals surface area contributed by atoms with E-state index in [1.54, 1.807) is 18.2 Å². The van der Waals surface area contributed by atoms with Gasteiger partial charge in [-0.3, -0.25) is 14.4 Å². The van der Waals surface area contributed by atoms with Gasteiger partial charge in [0, 0.05) is 37.1 Å². The predicted molar refractivity (Wildman–Crippen MR) is 87.8 cm³/mol. The van der Waals surface area contributed by atoms with Crippen LogP contribution in [0.5, 0.6) is 0 Å². The van der Waals surface area contributed by atoms with Gasteiger partial charge in [-0.1, -0.05) is 6.07 Å². The predicted octanol–water partition coefficient (Wildman–Crippen LogP) is 1.40. The van der Waals surface area contributed by atoms with Crippen LogP contribution in [0.2, 0.25) is 0 Å². The summed E-state index contributed by atoms with van der Waals surface area (Å²) in [6.07, 6.45) is 7.17. The Labute approximate surface area is 138 Å². The molecule has 0 unspecified atom stereocenters. The Balaban J connectivity index is 1.85. The maximum Gasteiger partial charge on any atom is 0.313 e. The van der Waals surface area contributed by atoms with Gasteiger partial charge in [-0.05, 0) is 18.2 Å². The molecule has 1 aliphatic rings. The Kier molecular flexibility index (Phi) is 5.27. The third-order valence-corrected chi connectivity index (χ3v) is 3.43. The van der Waals surface area contributed by atoms with Gasteiger partial charge >= 0.3 is 11.8 Å². The quantitative estimate of drug-likeness (QED) is 0.517. The van der Waals surface area contributed by atoms with Crippen molar-refractivity contribution in [2.24, 2.45) is 16.0 Å². The van der Waals surface area contributed by atoms with Gasteiger partial charge in [0.05, 0.1) is 0 Å². The molecular weight excluding hydrogens is 310 g/mol. The van der Waals surface area contributed by atoms with Crippen LogP contribution in [0.4, 0.5) is 11.4 Å². The van der Waals surface area contributed by atoms with E-state index in [0.29, 0.717) is 30.6 Å². The summed E-state index contributed by atoms with van der Waals surface area (Å²) in [5, 5.41) is 13.0. The first-order valence-electron chi connectivity index (χ1n) is 7.32. The summed E-state index contributed by atoms with van der Waals surface area (Å²) in [6.45, 7) is 0. The molecule has 0 saturated carbocycles. The minimum Gasteiger partial charge on any atom is -0.361 e. The first-order chi connectivity index (χ1) is 11.4. The number of hydrogen-bond donors (Lipinski definition) is 3. The SMILES string of the molecule is C#CCCC1(CCC(=O)Nc2cccc(NC(=O)C(N)=O)c2)N=N1. The van der Waals surface area contributed by atoms with Crippen LogP contribution in [0, 0.1) is 12.3 Å². The second-order valence-electron chi connectivity index (χ2n) is 5.33. The molecule has 8 nitrogen and oxygen atoms in total. The van der Waals surface area contributed by atoms with Gasteiger partial charge in [0.25, 0.3) is 0 Å². The normalized spacial score (nSPS) is 13.6. The lowest BCUT2D eigenvalue weighted by Crippen LogP contribution is -2.29. The van der Waals surface area contributed by atoms with E-state index in [9.17, 15) is 14.4 Å². The van der Waals surface area contributed by atoms with Crippen molar-refractivity contribution < 1.29 is 14.4 Å². The molecular formula is C16H17N5O3. The Morgan fingerprint density at radius 2 is 1.83 bits per heavy atom. The Hall–Kier alpha value is -3.21. The number of benzene rings is 1. The molecule has 0 bridgehead atoms. The first kappa shape index (κ1) is 17.1. The van der Waals surface area contributed by atoms with Crippen LogP contribution in [-0.4, -0.2) is 23.4 Å². The molecule has 1 aliphatic heterocycles. The summed E-state index contributed by atoms with van der Waals surface area (Å²) in [6, 6.07) is 6.40. The molecule has 1 heterocycles. The lowest BCUT2D eigenvalue weighted by atomic mass is 10.0. The zero-order valence-corrected chi connectivity index (χ0v) is 12.9. The van der Waals surface area contributed by atoms with Crippen molar-refractivity contribution in [2.75, 3.05) is 10.6 Å². The lowest BCUT2D eigenvalue weighted by molar-refractivity contribution is -0.134. The van der Waals surface area contributed by atoms with Gasteiger partial charge in [0.1, 0.15) is 0 Å². The molecule has 4 N–H and O–H groups in total. The minimum absolute atomic E-state index is 0.203. The number of anilines is 2. The van der Waals surface area contributed by atoms with Gasteiger partial charge in [-0.15, -0.1) is 12.3 Å². The summed E-state index contributed by atoms with van der Waals surface area (Å²) in [5.41, 5.74) is 5.22. The average molecular weight is 327 g/mol. The van der Waals surface area contributed by atoms with Crippen LogP contribution >= 0.6 is 0 Å². The molecule has 1 aromatic rings. The zero-order chi connectivity index (χ0) is 17.6. The maximum absolute atomic E-state index is 12.0. The molecule has 2 rings (SSSR count).